The minimum Gasteiger partial charge on any atom is -0.350 e. The molecule has 0 spiro atoms. The lowest BCUT2D eigenvalue weighted by molar-refractivity contribution is -0.133. The van der Waals surface area contributed by atoms with E-state index in [-0.39, 0.29) is 6.04 Å². The molecule has 0 aliphatic carbocycles. The van der Waals surface area contributed by atoms with Crippen molar-refractivity contribution in [2.45, 2.75) is 32.0 Å². The van der Waals surface area contributed by atoms with Crippen molar-refractivity contribution in [1.82, 2.24) is 20.3 Å². The van der Waals surface area contributed by atoms with Gasteiger partial charge in [-0.1, -0.05) is 18.2 Å². The van der Waals surface area contributed by atoms with E-state index < -0.39 is 46.2 Å². The van der Waals surface area contributed by atoms with Gasteiger partial charge in [0.2, 0.25) is 5.95 Å². The normalized spacial score (nSPS) is 17.3. The van der Waals surface area contributed by atoms with Crippen LogP contribution in [-0.2, 0) is 25.7 Å². The Balaban J connectivity index is 1.28. The maximum absolute atomic E-state index is 14.9. The fourth-order valence-electron chi connectivity index (χ4n) is 4.42. The molecule has 1 aliphatic rings. The molecule has 0 saturated carbocycles. The molecule has 2 atom stereocenters. The monoisotopic (exact) mass is 586 g/mol. The minimum atomic E-state index is -4.69. The Hall–Kier alpha value is -4.30. The largest absolute Gasteiger partial charge is 0.410 e. The summed E-state index contributed by atoms with van der Waals surface area (Å²) in [5.41, 5.74) is 2.41. The van der Waals surface area contributed by atoms with Crippen LogP contribution in [0, 0.1) is 18.6 Å². The topological polar surface area (TPSA) is 135 Å². The van der Waals surface area contributed by atoms with Gasteiger partial charge in [-0.2, -0.15) is 8.42 Å². The van der Waals surface area contributed by atoms with E-state index in [0.717, 1.165) is 23.8 Å². The Morgan fingerprint density at radius 3 is 2.61 bits per heavy atom. The number of aryl methyl sites for hydroxylation is 1. The molecule has 1 saturated heterocycles. The van der Waals surface area contributed by atoms with E-state index in [1.54, 1.807) is 6.07 Å². The summed E-state index contributed by atoms with van der Waals surface area (Å²) in [5.74, 6) is -2.22. The number of alkyl halides is 1. The summed E-state index contributed by atoms with van der Waals surface area (Å²) in [6.07, 6.45) is 0.495. The molecule has 214 valence electrons. The van der Waals surface area contributed by atoms with Crippen molar-refractivity contribution in [3.8, 4) is 11.3 Å². The quantitative estimate of drug-likeness (QED) is 0.282. The summed E-state index contributed by atoms with van der Waals surface area (Å²) in [6, 6.07) is 10.2. The van der Waals surface area contributed by atoms with Crippen LogP contribution in [0.5, 0.6) is 0 Å². The third kappa shape index (κ3) is 7.08. The number of benzene rings is 2. The number of rotatable bonds is 8. The maximum atomic E-state index is 14.9. The molecule has 3 heterocycles. The second-order valence-corrected chi connectivity index (χ2v) is 10.9. The van der Waals surface area contributed by atoms with Crippen LogP contribution in [0.15, 0.2) is 54.7 Å². The number of halogens is 3. The number of fused-ring (bicyclic) bond motifs is 1. The summed E-state index contributed by atoms with van der Waals surface area (Å²) in [4.78, 5) is 25.3. The van der Waals surface area contributed by atoms with Crippen LogP contribution in [0.2, 0.25) is 0 Å². The Kier molecular flexibility index (Phi) is 8.03. The molecule has 0 bridgehead atoms. The predicted molar refractivity (Wildman–Crippen MR) is 146 cm³/mol. The van der Waals surface area contributed by atoms with Gasteiger partial charge in [0, 0.05) is 31.1 Å². The molecule has 2 aromatic carbocycles. The molecule has 5 rings (SSSR count). The van der Waals surface area contributed by atoms with Gasteiger partial charge in [-0.05, 0) is 48.4 Å². The van der Waals surface area contributed by atoms with Gasteiger partial charge < -0.3 is 14.8 Å². The molecule has 3 N–H and O–H groups in total. The highest BCUT2D eigenvalue weighted by molar-refractivity contribution is 7.88. The van der Waals surface area contributed by atoms with Crippen LogP contribution in [0.1, 0.15) is 17.5 Å². The van der Waals surface area contributed by atoms with Crippen LogP contribution in [-0.4, -0.2) is 54.6 Å². The van der Waals surface area contributed by atoms with Crippen LogP contribution < -0.4 is 15.4 Å². The fourth-order valence-corrected chi connectivity index (χ4v) is 5.20. The van der Waals surface area contributed by atoms with E-state index in [4.69, 9.17) is 0 Å². The number of hydrogen-bond acceptors (Lipinski definition) is 9. The zero-order chi connectivity index (χ0) is 29.1. The van der Waals surface area contributed by atoms with E-state index in [1.165, 1.54) is 30.5 Å². The molecule has 41 heavy (non-hydrogen) atoms. The van der Waals surface area contributed by atoms with Crippen molar-refractivity contribution in [3.63, 3.8) is 0 Å². The lowest BCUT2D eigenvalue weighted by Gasteiger charge is -2.26. The number of hydrogen-bond donors (Lipinski definition) is 3. The summed E-state index contributed by atoms with van der Waals surface area (Å²) >= 11 is 0. The first kappa shape index (κ1) is 28.2. The number of carbonyl (C=O) groups is 1. The Morgan fingerprint density at radius 1 is 1.10 bits per heavy atom. The molecule has 1 aliphatic heterocycles. The third-order valence-electron chi connectivity index (χ3n) is 6.33. The van der Waals surface area contributed by atoms with Gasteiger partial charge in [-0.15, -0.1) is 0 Å². The molecule has 0 amide bonds. The number of nitrogens with one attached hydrogen (secondary N) is 3. The molecule has 2 aromatic heterocycles. The smallest absolute Gasteiger partial charge is 0.350 e. The highest BCUT2D eigenvalue weighted by atomic mass is 32.2. The average molecular weight is 587 g/mol. The van der Waals surface area contributed by atoms with Crippen molar-refractivity contribution in [2.24, 2.45) is 0 Å². The standard InChI is InChI=1S/C27H25F3N6O4S/c1-15-8-23(34-24-14-32-27(35-26(15)24)33-20-11-19(29)12-31-13-20)17-4-7-22(21(30)10-17)36-41(38,39)40-25(37)9-16-2-5-18(28)6-3-16/h2-8,10,14,19-20,31,36H,9,11-13H2,1H3,(H,32,33,35)/t19-,20-/m0/s1. The summed E-state index contributed by atoms with van der Waals surface area (Å²) < 4.78 is 72.6. The lowest BCUT2D eigenvalue weighted by Crippen LogP contribution is -2.44. The predicted octanol–water partition coefficient (Wildman–Crippen LogP) is 3.83. The third-order valence-corrected chi connectivity index (χ3v) is 7.21. The second-order valence-electron chi connectivity index (χ2n) is 9.59. The minimum absolute atomic E-state index is 0.152. The number of pyridine rings is 1. The van der Waals surface area contributed by atoms with Crippen LogP contribution in [0.25, 0.3) is 22.3 Å². The average Bonchev–Trinajstić information content (AvgIpc) is 2.91. The molecule has 14 heteroatoms. The molecular weight excluding hydrogens is 561 g/mol. The highest BCUT2D eigenvalue weighted by Crippen LogP contribution is 2.27. The Labute approximate surface area is 233 Å². The van der Waals surface area contributed by atoms with Gasteiger partial charge in [0.15, 0.2) is 0 Å². The van der Waals surface area contributed by atoms with E-state index in [1.807, 2.05) is 11.6 Å². The SMILES string of the molecule is Cc1cc(-c2ccc(NS(=O)(=O)OC(=O)Cc3ccc(F)cc3)c(F)c2)nc2cnc(N[C@@H]3CNC[C@@H](F)C3)nc12. The first-order valence-corrected chi connectivity index (χ1v) is 14.0. The van der Waals surface area contributed by atoms with Gasteiger partial charge in [-0.3, -0.25) is 4.79 Å². The van der Waals surface area contributed by atoms with Gasteiger partial charge in [0.05, 0.1) is 29.5 Å². The number of anilines is 2. The zero-order valence-corrected chi connectivity index (χ0v) is 22.5. The van der Waals surface area contributed by atoms with Crippen molar-refractivity contribution in [2.75, 3.05) is 23.1 Å². The Morgan fingerprint density at radius 2 is 1.88 bits per heavy atom. The van der Waals surface area contributed by atoms with Crippen molar-refractivity contribution >= 4 is 38.9 Å². The van der Waals surface area contributed by atoms with Crippen molar-refractivity contribution in [3.05, 3.63) is 77.5 Å². The zero-order valence-electron chi connectivity index (χ0n) is 21.7. The van der Waals surface area contributed by atoms with Crippen molar-refractivity contribution in [1.29, 1.82) is 0 Å². The molecule has 4 aromatic rings. The molecule has 10 nitrogen and oxygen atoms in total. The van der Waals surface area contributed by atoms with Crippen LogP contribution in [0.4, 0.5) is 24.8 Å². The summed E-state index contributed by atoms with van der Waals surface area (Å²) in [7, 11) is -4.69. The van der Waals surface area contributed by atoms with Gasteiger partial charge in [0.25, 0.3) is 0 Å². The number of piperidine rings is 1. The Bertz CT molecular complexity index is 1710. The first-order valence-electron chi connectivity index (χ1n) is 12.6. The van der Waals surface area contributed by atoms with Crippen LogP contribution in [0.3, 0.4) is 0 Å². The molecule has 0 radical (unpaired) electrons. The van der Waals surface area contributed by atoms with Gasteiger partial charge >= 0.3 is 16.3 Å². The molecule has 1 fully saturated rings. The second kappa shape index (κ2) is 11.7. The van der Waals surface area contributed by atoms with E-state index in [0.29, 0.717) is 53.3 Å². The van der Waals surface area contributed by atoms with Crippen LogP contribution >= 0.6 is 0 Å². The first-order chi connectivity index (χ1) is 19.5. The molecule has 0 unspecified atom stereocenters. The van der Waals surface area contributed by atoms with E-state index in [2.05, 4.69) is 29.8 Å². The highest BCUT2D eigenvalue weighted by Gasteiger charge is 2.22. The van der Waals surface area contributed by atoms with Crippen molar-refractivity contribution < 1.29 is 30.6 Å². The molecular formula is C27H25F3N6O4S. The maximum Gasteiger partial charge on any atom is 0.410 e. The number of carbonyl (C=O) groups excluding carboxylic acids is 1. The van der Waals surface area contributed by atoms with E-state index >= 15 is 0 Å². The van der Waals surface area contributed by atoms with Gasteiger partial charge in [-0.25, -0.2) is 32.8 Å². The lowest BCUT2D eigenvalue weighted by atomic mass is 10.1. The number of nitrogens with zero attached hydrogens (tertiary/aromatic N) is 3. The summed E-state index contributed by atoms with van der Waals surface area (Å²) in [5, 5.41) is 6.14. The van der Waals surface area contributed by atoms with Gasteiger partial charge in [0.1, 0.15) is 23.3 Å². The number of aromatic nitrogens is 3. The van der Waals surface area contributed by atoms with E-state index in [9.17, 15) is 26.4 Å². The fraction of sp³-hybridized carbons (Fsp3) is 0.259. The summed E-state index contributed by atoms with van der Waals surface area (Å²) in [6.45, 7) is 2.72.